The number of carbonyl (C=O) groups excluding carboxylic acids is 1. The Balaban J connectivity index is 3.76. The van der Waals surface area contributed by atoms with Gasteiger partial charge in [-0.25, -0.2) is 14.8 Å². The van der Waals surface area contributed by atoms with E-state index in [4.69, 9.17) is 4.74 Å². The van der Waals surface area contributed by atoms with E-state index < -0.39 is 0 Å². The molecule has 0 radical (unpaired) electrons. The molecule has 0 N–H and O–H groups in total. The monoisotopic (exact) mass is 214 g/mol. The van der Waals surface area contributed by atoms with Gasteiger partial charge in [-0.05, 0) is 6.92 Å². The maximum Gasteiger partial charge on any atom is 0.333 e. The number of hydrogen-bond donors (Lipinski definition) is 0. The zero-order valence-electron chi connectivity index (χ0n) is 10.2. The summed E-state index contributed by atoms with van der Waals surface area (Å²) in [5.41, 5.74) is 0.445. The third-order valence-corrected chi connectivity index (χ3v) is 2.21. The van der Waals surface area contributed by atoms with Crippen LogP contribution in [0, 0.1) is 0 Å². The number of carbonyl (C=O) groups is 1. The molecule has 0 aromatic carbocycles. The molecule has 0 unspecified atom stereocenters. The summed E-state index contributed by atoms with van der Waals surface area (Å²) in [7, 11) is 1.99. The average Bonchev–Trinajstić information content (AvgIpc) is 2.19. The number of hydrazine groups is 1. The van der Waals surface area contributed by atoms with Gasteiger partial charge in [-0.2, -0.15) is 0 Å². The van der Waals surface area contributed by atoms with Crippen LogP contribution in [0.4, 0.5) is 0 Å². The highest BCUT2D eigenvalue weighted by molar-refractivity contribution is 5.86. The Morgan fingerprint density at radius 2 is 1.87 bits per heavy atom. The first kappa shape index (κ1) is 14.1. The molecule has 0 amide bonds. The molecular formula is C11H22N2O2. The maximum absolute atomic E-state index is 11.1. The first-order valence-electron chi connectivity index (χ1n) is 5.31. The summed E-state index contributed by atoms with van der Waals surface area (Å²) in [6.45, 7) is 12.4. The van der Waals surface area contributed by atoms with Gasteiger partial charge in [-0.1, -0.05) is 20.4 Å². The minimum atomic E-state index is -0.317. The Bertz CT molecular complexity index is 213. The molecule has 0 rings (SSSR count). The largest absolute Gasteiger partial charge is 0.461 e. The maximum atomic E-state index is 11.1. The molecule has 0 fully saturated rings. The van der Waals surface area contributed by atoms with Gasteiger partial charge in [-0.15, -0.1) is 0 Å². The van der Waals surface area contributed by atoms with Crippen molar-refractivity contribution in [3.63, 3.8) is 0 Å². The van der Waals surface area contributed by atoms with Gasteiger partial charge in [0.05, 0.1) is 0 Å². The van der Waals surface area contributed by atoms with Crippen molar-refractivity contribution in [2.75, 3.05) is 33.3 Å². The minimum absolute atomic E-state index is 0.317. The zero-order valence-corrected chi connectivity index (χ0v) is 10.2. The first-order chi connectivity index (χ1) is 7.02. The molecule has 0 aliphatic carbocycles. The molecule has 0 aliphatic heterocycles. The van der Waals surface area contributed by atoms with Crippen LogP contribution in [0.5, 0.6) is 0 Å². The molecule has 0 atom stereocenters. The van der Waals surface area contributed by atoms with Gasteiger partial charge in [0, 0.05) is 32.3 Å². The van der Waals surface area contributed by atoms with E-state index in [0.717, 1.165) is 13.1 Å². The third kappa shape index (κ3) is 5.54. The van der Waals surface area contributed by atoms with Crippen molar-refractivity contribution in [3.05, 3.63) is 12.2 Å². The van der Waals surface area contributed by atoms with Gasteiger partial charge in [0.15, 0.2) is 0 Å². The molecule has 0 heterocycles. The second-order valence-electron chi connectivity index (χ2n) is 3.44. The SMILES string of the molecule is C=C(C)C(=O)OCCN(C)N(CC)CC. The third-order valence-electron chi connectivity index (χ3n) is 2.21. The predicted octanol–water partition coefficient (Wildman–Crippen LogP) is 1.29. The molecule has 4 nitrogen and oxygen atoms in total. The highest BCUT2D eigenvalue weighted by Gasteiger charge is 2.08. The molecule has 0 spiro atoms. The van der Waals surface area contributed by atoms with Crippen LogP contribution >= 0.6 is 0 Å². The Hall–Kier alpha value is -0.870. The first-order valence-corrected chi connectivity index (χ1v) is 5.31. The lowest BCUT2D eigenvalue weighted by molar-refractivity contribution is -0.140. The van der Waals surface area contributed by atoms with Gasteiger partial charge in [0.25, 0.3) is 0 Å². The smallest absolute Gasteiger partial charge is 0.333 e. The fourth-order valence-electron chi connectivity index (χ4n) is 1.24. The Labute approximate surface area is 92.5 Å². The van der Waals surface area contributed by atoms with Crippen molar-refractivity contribution in [1.82, 2.24) is 10.0 Å². The molecular weight excluding hydrogens is 192 g/mol. The normalized spacial score (nSPS) is 10.8. The van der Waals surface area contributed by atoms with Crippen LogP contribution in [-0.4, -0.2) is 49.3 Å². The standard InChI is InChI=1S/C11H22N2O2/c1-6-13(7-2)12(5)8-9-15-11(14)10(3)4/h3,6-9H2,1-2,4-5H3. The molecule has 4 heteroatoms. The quantitative estimate of drug-likeness (QED) is 0.363. The second kappa shape index (κ2) is 7.43. The van der Waals surface area contributed by atoms with Gasteiger partial charge >= 0.3 is 5.97 Å². The summed E-state index contributed by atoms with van der Waals surface area (Å²) >= 11 is 0. The van der Waals surface area contributed by atoms with E-state index in [0.29, 0.717) is 18.7 Å². The van der Waals surface area contributed by atoms with E-state index in [9.17, 15) is 4.79 Å². The van der Waals surface area contributed by atoms with Crippen molar-refractivity contribution >= 4 is 5.97 Å². The number of hydrogen-bond acceptors (Lipinski definition) is 4. The Morgan fingerprint density at radius 3 is 2.27 bits per heavy atom. The summed E-state index contributed by atoms with van der Waals surface area (Å²) in [6.07, 6.45) is 0. The van der Waals surface area contributed by atoms with Gasteiger partial charge < -0.3 is 4.74 Å². The highest BCUT2D eigenvalue weighted by atomic mass is 16.5. The molecule has 0 aromatic heterocycles. The van der Waals surface area contributed by atoms with Crippen LogP contribution in [0.2, 0.25) is 0 Å². The van der Waals surface area contributed by atoms with Crippen molar-refractivity contribution in [2.24, 2.45) is 0 Å². The van der Waals surface area contributed by atoms with Crippen LogP contribution in [0.15, 0.2) is 12.2 Å². The second-order valence-corrected chi connectivity index (χ2v) is 3.44. The van der Waals surface area contributed by atoms with E-state index in [1.165, 1.54) is 0 Å². The van der Waals surface area contributed by atoms with Gasteiger partial charge in [0.2, 0.25) is 0 Å². The van der Waals surface area contributed by atoms with Crippen molar-refractivity contribution in [3.8, 4) is 0 Å². The van der Waals surface area contributed by atoms with Crippen LogP contribution in [-0.2, 0) is 9.53 Å². The van der Waals surface area contributed by atoms with E-state index in [2.05, 4.69) is 30.4 Å². The molecule has 0 aromatic rings. The number of ether oxygens (including phenoxy) is 1. The van der Waals surface area contributed by atoms with E-state index in [-0.39, 0.29) is 5.97 Å². The number of esters is 1. The molecule has 0 saturated carbocycles. The highest BCUT2D eigenvalue weighted by Crippen LogP contribution is 1.96. The number of rotatable bonds is 7. The lowest BCUT2D eigenvalue weighted by Gasteiger charge is -2.29. The lowest BCUT2D eigenvalue weighted by Crippen LogP contribution is -2.41. The number of likely N-dealkylation sites (N-methyl/N-ethyl adjacent to an activating group) is 1. The predicted molar refractivity (Wildman–Crippen MR) is 61.3 cm³/mol. The Morgan fingerprint density at radius 1 is 1.33 bits per heavy atom. The van der Waals surface area contributed by atoms with Crippen LogP contribution < -0.4 is 0 Å². The summed E-state index contributed by atoms with van der Waals surface area (Å²) in [5.74, 6) is -0.317. The summed E-state index contributed by atoms with van der Waals surface area (Å²) < 4.78 is 5.01. The van der Waals surface area contributed by atoms with Crippen molar-refractivity contribution in [1.29, 1.82) is 0 Å². The summed E-state index contributed by atoms with van der Waals surface area (Å²) in [6, 6.07) is 0. The fourth-order valence-corrected chi connectivity index (χ4v) is 1.24. The van der Waals surface area contributed by atoms with Crippen LogP contribution in [0.25, 0.3) is 0 Å². The van der Waals surface area contributed by atoms with Crippen molar-refractivity contribution in [2.45, 2.75) is 20.8 Å². The molecule has 88 valence electrons. The minimum Gasteiger partial charge on any atom is -0.461 e. The summed E-state index contributed by atoms with van der Waals surface area (Å²) in [5, 5.41) is 4.24. The fraction of sp³-hybridized carbons (Fsp3) is 0.727. The molecule has 15 heavy (non-hydrogen) atoms. The topological polar surface area (TPSA) is 32.8 Å². The zero-order chi connectivity index (χ0) is 11.8. The lowest BCUT2D eigenvalue weighted by atomic mass is 10.4. The van der Waals surface area contributed by atoms with Crippen LogP contribution in [0.3, 0.4) is 0 Å². The molecule has 0 aliphatic rings. The molecule has 0 saturated heterocycles. The van der Waals surface area contributed by atoms with Gasteiger partial charge in [-0.3, -0.25) is 0 Å². The van der Waals surface area contributed by atoms with Gasteiger partial charge in [0.1, 0.15) is 6.61 Å². The number of nitrogens with zero attached hydrogens (tertiary/aromatic N) is 2. The average molecular weight is 214 g/mol. The Kier molecular flexibility index (Phi) is 6.99. The van der Waals surface area contributed by atoms with E-state index in [1.54, 1.807) is 6.92 Å². The van der Waals surface area contributed by atoms with E-state index in [1.807, 2.05) is 7.05 Å². The van der Waals surface area contributed by atoms with Crippen molar-refractivity contribution < 1.29 is 9.53 Å². The summed E-state index contributed by atoms with van der Waals surface area (Å²) in [4.78, 5) is 11.1. The van der Waals surface area contributed by atoms with Crippen LogP contribution in [0.1, 0.15) is 20.8 Å². The molecule has 0 bridgehead atoms. The van der Waals surface area contributed by atoms with E-state index >= 15 is 0 Å².